The number of benzene rings is 2. The number of aryl methyl sites for hydroxylation is 1. The SMILES string of the molecule is CCN(CC)CCCN1C(=O)C(=O)C(=C(O)c2ccc(C)cc2)C1c1cc(Br)c(O)c(OC)c1. The van der Waals surface area contributed by atoms with Gasteiger partial charge in [0, 0.05) is 12.1 Å². The molecule has 1 aliphatic rings. The van der Waals surface area contributed by atoms with Crippen LogP contribution in [0.15, 0.2) is 46.4 Å². The van der Waals surface area contributed by atoms with Gasteiger partial charge in [-0.15, -0.1) is 0 Å². The fraction of sp³-hybridized carbons (Fsp3) is 0.385. The van der Waals surface area contributed by atoms with Gasteiger partial charge in [-0.25, -0.2) is 0 Å². The Bertz CT molecular complexity index is 1090. The van der Waals surface area contributed by atoms with E-state index in [1.165, 1.54) is 12.0 Å². The molecule has 1 fully saturated rings. The van der Waals surface area contributed by atoms with Gasteiger partial charge in [0.2, 0.25) is 0 Å². The van der Waals surface area contributed by atoms with Gasteiger partial charge in [-0.1, -0.05) is 43.7 Å². The molecule has 1 aliphatic heterocycles. The Kier molecular flexibility index (Phi) is 8.38. The number of nitrogens with zero attached hydrogens (tertiary/aromatic N) is 2. The van der Waals surface area contributed by atoms with Gasteiger partial charge in [0.05, 0.1) is 23.2 Å². The monoisotopic (exact) mass is 530 g/mol. The first-order valence-electron chi connectivity index (χ1n) is 11.4. The fourth-order valence-electron chi connectivity index (χ4n) is 4.24. The maximum absolute atomic E-state index is 13.2. The molecule has 2 N–H and O–H groups in total. The average Bonchev–Trinajstić information content (AvgIpc) is 3.08. The molecule has 0 bridgehead atoms. The predicted octanol–water partition coefficient (Wildman–Crippen LogP) is 4.63. The molecular formula is C26H31BrN2O5. The Morgan fingerprint density at radius 3 is 2.38 bits per heavy atom. The minimum Gasteiger partial charge on any atom is -0.507 e. The average molecular weight is 531 g/mol. The quantitative estimate of drug-likeness (QED) is 0.279. The first-order chi connectivity index (χ1) is 16.2. The highest BCUT2D eigenvalue weighted by Gasteiger charge is 2.46. The maximum Gasteiger partial charge on any atom is 0.295 e. The minimum absolute atomic E-state index is 0.0244. The lowest BCUT2D eigenvalue weighted by molar-refractivity contribution is -0.140. The summed E-state index contributed by atoms with van der Waals surface area (Å²) in [4.78, 5) is 30.1. The highest BCUT2D eigenvalue weighted by atomic mass is 79.9. The minimum atomic E-state index is -0.816. The van der Waals surface area contributed by atoms with Crippen LogP contribution in [-0.2, 0) is 9.59 Å². The molecule has 2 aromatic carbocycles. The van der Waals surface area contributed by atoms with Crippen LogP contribution in [0.3, 0.4) is 0 Å². The fourth-order valence-corrected chi connectivity index (χ4v) is 4.70. The maximum atomic E-state index is 13.2. The number of methoxy groups -OCH3 is 1. The van der Waals surface area contributed by atoms with Crippen molar-refractivity contribution < 1.29 is 24.5 Å². The largest absolute Gasteiger partial charge is 0.507 e. The molecule has 8 heteroatoms. The zero-order chi connectivity index (χ0) is 25.0. The Morgan fingerprint density at radius 2 is 1.79 bits per heavy atom. The Labute approximate surface area is 208 Å². The number of likely N-dealkylation sites (tertiary alicyclic amines) is 1. The lowest BCUT2D eigenvalue weighted by Gasteiger charge is -2.27. The first-order valence-corrected chi connectivity index (χ1v) is 12.2. The van der Waals surface area contributed by atoms with Gasteiger partial charge >= 0.3 is 0 Å². The molecule has 0 aliphatic carbocycles. The summed E-state index contributed by atoms with van der Waals surface area (Å²) >= 11 is 3.33. The van der Waals surface area contributed by atoms with Crippen molar-refractivity contribution in [1.82, 2.24) is 9.80 Å². The molecule has 2 aromatic rings. The van der Waals surface area contributed by atoms with E-state index in [0.29, 0.717) is 28.6 Å². The number of ketones is 1. The smallest absolute Gasteiger partial charge is 0.295 e. The number of aliphatic hydroxyl groups excluding tert-OH is 1. The normalized spacial score (nSPS) is 17.6. The van der Waals surface area contributed by atoms with E-state index in [1.54, 1.807) is 24.3 Å². The number of aliphatic hydroxyl groups is 1. The second-order valence-electron chi connectivity index (χ2n) is 8.29. The van der Waals surface area contributed by atoms with Crippen molar-refractivity contribution >= 4 is 33.4 Å². The van der Waals surface area contributed by atoms with Crippen molar-refractivity contribution in [2.75, 3.05) is 33.3 Å². The summed E-state index contributed by atoms with van der Waals surface area (Å²) in [7, 11) is 1.43. The van der Waals surface area contributed by atoms with Crippen molar-refractivity contribution in [1.29, 1.82) is 0 Å². The van der Waals surface area contributed by atoms with Gasteiger partial charge in [0.15, 0.2) is 11.5 Å². The van der Waals surface area contributed by atoms with E-state index in [4.69, 9.17) is 4.74 Å². The van der Waals surface area contributed by atoms with E-state index >= 15 is 0 Å². The third kappa shape index (κ3) is 5.13. The molecule has 0 spiro atoms. The van der Waals surface area contributed by atoms with Gasteiger partial charge in [-0.2, -0.15) is 0 Å². The molecule has 1 amide bonds. The number of halogens is 1. The summed E-state index contributed by atoms with van der Waals surface area (Å²) in [6.45, 7) is 9.01. The van der Waals surface area contributed by atoms with E-state index in [2.05, 4.69) is 34.7 Å². The Morgan fingerprint density at radius 1 is 1.15 bits per heavy atom. The highest BCUT2D eigenvalue weighted by Crippen LogP contribution is 2.44. The zero-order valence-corrected chi connectivity index (χ0v) is 21.6. The van der Waals surface area contributed by atoms with Crippen LogP contribution in [0.5, 0.6) is 11.5 Å². The van der Waals surface area contributed by atoms with Crippen LogP contribution in [0.1, 0.15) is 43.0 Å². The van der Waals surface area contributed by atoms with Gasteiger partial charge in [-0.05, 0) is 66.6 Å². The number of amides is 1. The number of phenolic OH excluding ortho intramolecular Hbond substituents is 1. The standard InChI is InChI=1S/C26H31BrN2O5/c1-5-28(6-2)12-7-13-29-22(18-14-19(27)24(31)20(15-18)34-4)21(25(32)26(29)33)23(30)17-10-8-16(3)9-11-17/h8-11,14-15,22,30-31H,5-7,12-13H2,1-4H3. The summed E-state index contributed by atoms with van der Waals surface area (Å²) in [6, 6.07) is 9.55. The van der Waals surface area contributed by atoms with Crippen molar-refractivity contribution in [3.8, 4) is 11.5 Å². The molecule has 7 nitrogen and oxygen atoms in total. The molecular weight excluding hydrogens is 500 g/mol. The molecule has 1 heterocycles. The molecule has 1 unspecified atom stereocenters. The lowest BCUT2D eigenvalue weighted by atomic mass is 9.94. The number of rotatable bonds is 9. The number of carbonyl (C=O) groups is 2. The van der Waals surface area contributed by atoms with Crippen LogP contribution in [0.25, 0.3) is 5.76 Å². The van der Waals surface area contributed by atoms with Crippen molar-refractivity contribution in [3.05, 3.63) is 63.1 Å². The number of hydrogen-bond donors (Lipinski definition) is 2. The van der Waals surface area contributed by atoms with Gasteiger partial charge in [0.25, 0.3) is 11.7 Å². The molecule has 1 atom stereocenters. The molecule has 0 aromatic heterocycles. The molecule has 3 rings (SSSR count). The topological polar surface area (TPSA) is 90.3 Å². The summed E-state index contributed by atoms with van der Waals surface area (Å²) in [5, 5.41) is 21.5. The van der Waals surface area contributed by atoms with Crippen molar-refractivity contribution in [2.24, 2.45) is 0 Å². The van der Waals surface area contributed by atoms with Crippen molar-refractivity contribution in [3.63, 3.8) is 0 Å². The van der Waals surface area contributed by atoms with Gasteiger partial charge in [-0.3, -0.25) is 9.59 Å². The zero-order valence-electron chi connectivity index (χ0n) is 20.0. The van der Waals surface area contributed by atoms with Crippen LogP contribution < -0.4 is 4.74 Å². The molecule has 1 saturated heterocycles. The Hall–Kier alpha value is -2.84. The number of phenols is 1. The number of Topliss-reactive ketones (excluding diaryl/α,β-unsaturated/α-hetero) is 1. The van der Waals surface area contributed by atoms with Gasteiger partial charge < -0.3 is 24.7 Å². The number of ether oxygens (including phenoxy) is 1. The van der Waals surface area contributed by atoms with Crippen LogP contribution in [0.2, 0.25) is 0 Å². The summed E-state index contributed by atoms with van der Waals surface area (Å²) in [6.07, 6.45) is 0.673. The van der Waals surface area contributed by atoms with Crippen molar-refractivity contribution in [2.45, 2.75) is 33.2 Å². The third-order valence-electron chi connectivity index (χ3n) is 6.22. The summed E-state index contributed by atoms with van der Waals surface area (Å²) < 4.78 is 5.66. The van der Waals surface area contributed by atoms with E-state index in [-0.39, 0.29) is 22.8 Å². The van der Waals surface area contributed by atoms with Gasteiger partial charge in [0.1, 0.15) is 5.76 Å². The van der Waals surface area contributed by atoms with E-state index in [0.717, 1.165) is 25.2 Å². The van der Waals surface area contributed by atoms with E-state index < -0.39 is 17.7 Å². The Balaban J connectivity index is 2.11. The van der Waals surface area contributed by atoms with E-state index in [9.17, 15) is 19.8 Å². The molecule has 34 heavy (non-hydrogen) atoms. The summed E-state index contributed by atoms with van der Waals surface area (Å²) in [5.41, 5.74) is 2.05. The number of hydrogen-bond acceptors (Lipinski definition) is 6. The lowest BCUT2D eigenvalue weighted by Crippen LogP contribution is -2.33. The predicted molar refractivity (Wildman–Crippen MR) is 135 cm³/mol. The number of aromatic hydroxyl groups is 1. The molecule has 0 saturated carbocycles. The molecule has 0 radical (unpaired) electrons. The summed E-state index contributed by atoms with van der Waals surface area (Å²) in [5.74, 6) is -1.48. The van der Waals surface area contributed by atoms with Crippen LogP contribution >= 0.6 is 15.9 Å². The first kappa shape index (κ1) is 25.8. The second kappa shape index (κ2) is 11.1. The second-order valence-corrected chi connectivity index (χ2v) is 9.15. The van der Waals surface area contributed by atoms with E-state index in [1.807, 2.05) is 19.1 Å². The number of carbonyl (C=O) groups excluding carboxylic acids is 2. The third-order valence-corrected chi connectivity index (χ3v) is 6.82. The highest BCUT2D eigenvalue weighted by molar-refractivity contribution is 9.10. The van der Waals surface area contributed by atoms with Crippen LogP contribution in [-0.4, -0.2) is 65.0 Å². The van der Waals surface area contributed by atoms with Crippen LogP contribution in [0.4, 0.5) is 0 Å². The molecule has 182 valence electrons. The van der Waals surface area contributed by atoms with Crippen LogP contribution in [0, 0.1) is 6.92 Å².